The van der Waals surface area contributed by atoms with Gasteiger partial charge in [-0.3, -0.25) is 14.3 Å². The van der Waals surface area contributed by atoms with Gasteiger partial charge in [0.1, 0.15) is 6.61 Å². The van der Waals surface area contributed by atoms with Crippen LogP contribution >= 0.6 is 11.8 Å². The maximum absolute atomic E-state index is 12.7. The minimum Gasteiger partial charge on any atom is -0.389 e. The van der Waals surface area contributed by atoms with E-state index in [0.717, 1.165) is 4.57 Å². The Bertz CT molecular complexity index is 498. The van der Waals surface area contributed by atoms with Gasteiger partial charge >= 0.3 is 10.9 Å². The number of halogens is 2. The van der Waals surface area contributed by atoms with Crippen LogP contribution in [0.25, 0.3) is 0 Å². The van der Waals surface area contributed by atoms with Gasteiger partial charge in [-0.25, -0.2) is 4.79 Å². The Morgan fingerprint density at radius 3 is 2.76 bits per heavy atom. The van der Waals surface area contributed by atoms with Crippen molar-refractivity contribution in [1.82, 2.24) is 9.55 Å². The Balaban J connectivity index is 2.68. The van der Waals surface area contributed by atoms with E-state index in [1.807, 2.05) is 0 Å². The number of aliphatic hydroxyl groups is 1. The first kappa shape index (κ1) is 13.9. The van der Waals surface area contributed by atoms with Crippen LogP contribution in [0.2, 0.25) is 0 Å². The maximum Gasteiger partial charge on any atom is 0.328 e. The van der Waals surface area contributed by atoms with E-state index in [9.17, 15) is 18.4 Å². The van der Waals surface area contributed by atoms with E-state index < -0.39 is 23.1 Å². The molecule has 0 saturated heterocycles. The molecule has 0 amide bonds. The molecule has 0 bridgehead atoms. The Morgan fingerprint density at radius 2 is 2.18 bits per heavy atom. The summed E-state index contributed by atoms with van der Waals surface area (Å²) >= 11 is 0.257. The van der Waals surface area contributed by atoms with Crippen LogP contribution in [0.1, 0.15) is 5.56 Å². The first-order chi connectivity index (χ1) is 7.85. The highest BCUT2D eigenvalue weighted by Gasteiger charge is 2.27. The first-order valence-electron chi connectivity index (χ1n) is 4.79. The van der Waals surface area contributed by atoms with Crippen LogP contribution in [0.3, 0.4) is 0 Å². The van der Waals surface area contributed by atoms with Crippen molar-refractivity contribution in [3.8, 4) is 0 Å². The first-order valence-corrected chi connectivity index (χ1v) is 5.77. The van der Waals surface area contributed by atoms with Gasteiger partial charge in [0, 0.05) is 24.1 Å². The van der Waals surface area contributed by atoms with Crippen LogP contribution in [0, 0.1) is 6.92 Å². The molecule has 17 heavy (non-hydrogen) atoms. The molecule has 1 aromatic heterocycles. The van der Waals surface area contributed by atoms with Crippen LogP contribution in [0.15, 0.2) is 15.8 Å². The van der Waals surface area contributed by atoms with Crippen molar-refractivity contribution >= 4 is 11.8 Å². The van der Waals surface area contributed by atoms with E-state index in [0.29, 0.717) is 5.56 Å². The molecule has 0 aliphatic carbocycles. The Hall–Kier alpha value is -1.15. The number of nitrogens with zero attached hydrogens (tertiary/aromatic N) is 1. The second-order valence-electron chi connectivity index (χ2n) is 3.41. The second kappa shape index (κ2) is 5.46. The summed E-state index contributed by atoms with van der Waals surface area (Å²) in [5, 5.41) is 5.13. The van der Waals surface area contributed by atoms with E-state index in [4.69, 9.17) is 5.11 Å². The van der Waals surface area contributed by atoms with Crippen molar-refractivity contribution in [2.75, 3.05) is 12.4 Å². The fourth-order valence-corrected chi connectivity index (χ4v) is 1.80. The van der Waals surface area contributed by atoms with E-state index >= 15 is 0 Å². The van der Waals surface area contributed by atoms with Crippen LogP contribution in [0.4, 0.5) is 8.78 Å². The van der Waals surface area contributed by atoms with Crippen LogP contribution in [-0.4, -0.2) is 32.3 Å². The van der Waals surface area contributed by atoms with Gasteiger partial charge in [0.05, 0.1) is 0 Å². The summed E-state index contributed by atoms with van der Waals surface area (Å²) in [6, 6.07) is 0. The average Bonchev–Trinajstić information content (AvgIpc) is 2.25. The lowest BCUT2D eigenvalue weighted by molar-refractivity contribution is 0.0362. The fourth-order valence-electron chi connectivity index (χ4n) is 1.12. The van der Waals surface area contributed by atoms with E-state index in [-0.39, 0.29) is 24.1 Å². The molecule has 0 unspecified atom stereocenters. The highest BCUT2D eigenvalue weighted by Crippen LogP contribution is 2.27. The smallest absolute Gasteiger partial charge is 0.328 e. The number of aromatic nitrogens is 2. The summed E-state index contributed by atoms with van der Waals surface area (Å²) in [5.41, 5.74) is -0.781. The van der Waals surface area contributed by atoms with Gasteiger partial charge in [0.15, 0.2) is 0 Å². The minimum atomic E-state index is -3.21. The van der Waals surface area contributed by atoms with Gasteiger partial charge in [-0.15, -0.1) is 0 Å². The van der Waals surface area contributed by atoms with Gasteiger partial charge in [0.25, 0.3) is 5.56 Å². The third-order valence-corrected chi connectivity index (χ3v) is 2.96. The number of thioether (sulfide) groups is 1. The summed E-state index contributed by atoms with van der Waals surface area (Å²) in [6.45, 7) is 0.318. The number of H-pyrrole nitrogens is 1. The summed E-state index contributed by atoms with van der Waals surface area (Å²) < 4.78 is 26.5. The summed E-state index contributed by atoms with van der Waals surface area (Å²) in [5.74, 6) is -0.0427. The molecule has 0 radical (unpaired) electrons. The highest BCUT2D eigenvalue weighted by atomic mass is 32.2. The zero-order valence-electron chi connectivity index (χ0n) is 9.07. The number of hydrogen-bond acceptors (Lipinski definition) is 4. The topological polar surface area (TPSA) is 75.1 Å². The zero-order chi connectivity index (χ0) is 13.1. The molecule has 0 fully saturated rings. The minimum absolute atomic E-state index is 0.0384. The zero-order valence-corrected chi connectivity index (χ0v) is 9.89. The lowest BCUT2D eigenvalue weighted by atomic mass is 10.4. The van der Waals surface area contributed by atoms with Gasteiger partial charge in [-0.05, 0) is 6.92 Å². The summed E-state index contributed by atoms with van der Waals surface area (Å²) in [4.78, 5) is 24.4. The van der Waals surface area contributed by atoms with Crippen molar-refractivity contribution in [2.24, 2.45) is 0 Å². The molecular formula is C9H12F2N2O3S. The average molecular weight is 266 g/mol. The predicted octanol–water partition coefficient (Wildman–Crippen LogP) is 0.163. The Labute approximate surface area is 99.5 Å². The van der Waals surface area contributed by atoms with E-state index in [2.05, 4.69) is 4.98 Å². The van der Waals surface area contributed by atoms with Crippen LogP contribution in [-0.2, 0) is 6.54 Å². The highest BCUT2D eigenvalue weighted by molar-refractivity contribution is 8.00. The second-order valence-corrected chi connectivity index (χ2v) is 4.70. The Kier molecular flexibility index (Phi) is 4.47. The molecule has 0 saturated carbocycles. The number of hydrogen-bond donors (Lipinski definition) is 2. The van der Waals surface area contributed by atoms with Gasteiger partial charge in [0.2, 0.25) is 0 Å². The van der Waals surface area contributed by atoms with Crippen LogP contribution in [0.5, 0.6) is 0 Å². The molecule has 5 nitrogen and oxygen atoms in total. The summed E-state index contributed by atoms with van der Waals surface area (Å²) in [6.07, 6.45) is 1.32. The molecule has 96 valence electrons. The van der Waals surface area contributed by atoms with Crippen molar-refractivity contribution in [3.63, 3.8) is 0 Å². The number of rotatable bonds is 5. The third-order valence-electron chi connectivity index (χ3n) is 2.02. The molecule has 0 aliphatic rings. The van der Waals surface area contributed by atoms with E-state index in [1.54, 1.807) is 0 Å². The molecule has 1 aromatic rings. The predicted molar refractivity (Wildman–Crippen MR) is 60.6 cm³/mol. The van der Waals surface area contributed by atoms with Crippen molar-refractivity contribution in [1.29, 1.82) is 0 Å². The molecule has 1 heterocycles. The molecule has 0 atom stereocenters. The largest absolute Gasteiger partial charge is 0.389 e. The molecule has 8 heteroatoms. The molecular weight excluding hydrogens is 254 g/mol. The monoisotopic (exact) mass is 266 g/mol. The SMILES string of the molecule is Cc1cn(CCSC(F)(F)CO)c(=O)[nH]c1=O. The van der Waals surface area contributed by atoms with Gasteiger partial charge < -0.3 is 5.11 Å². The maximum atomic E-state index is 12.7. The van der Waals surface area contributed by atoms with Gasteiger partial charge in [-0.2, -0.15) is 8.78 Å². The van der Waals surface area contributed by atoms with Crippen molar-refractivity contribution in [3.05, 3.63) is 32.6 Å². The number of aryl methyl sites for hydroxylation is 2. The van der Waals surface area contributed by atoms with Crippen LogP contribution < -0.4 is 11.2 Å². The third kappa shape index (κ3) is 3.97. The Morgan fingerprint density at radius 1 is 1.53 bits per heavy atom. The molecule has 2 N–H and O–H groups in total. The standard InChI is InChI=1S/C9H12F2N2O3S/c1-6-4-13(8(16)12-7(6)15)2-3-17-9(10,11)5-14/h4,14H,2-3,5H2,1H3,(H,12,15,16). The molecule has 0 aromatic carbocycles. The number of alkyl halides is 2. The quantitative estimate of drug-likeness (QED) is 0.796. The van der Waals surface area contributed by atoms with E-state index in [1.165, 1.54) is 13.1 Å². The fraction of sp³-hybridized carbons (Fsp3) is 0.556. The number of nitrogens with one attached hydrogen (secondary N) is 1. The summed E-state index contributed by atoms with van der Waals surface area (Å²) in [7, 11) is 0. The van der Waals surface area contributed by atoms with Crippen molar-refractivity contribution < 1.29 is 13.9 Å². The number of aliphatic hydroxyl groups excluding tert-OH is 1. The molecule has 1 rings (SSSR count). The molecule has 0 aliphatic heterocycles. The number of aromatic amines is 1. The lowest BCUT2D eigenvalue weighted by Crippen LogP contribution is -2.31. The normalized spacial score (nSPS) is 11.8. The lowest BCUT2D eigenvalue weighted by Gasteiger charge is -2.12. The van der Waals surface area contributed by atoms with Gasteiger partial charge in [-0.1, -0.05) is 11.8 Å². The van der Waals surface area contributed by atoms with Crippen molar-refractivity contribution in [2.45, 2.75) is 18.7 Å². The molecule has 0 spiro atoms.